The number of piperidine rings is 1. The standard InChI is InChI=1S/C17H25FN2O.ClH/c1-13(9-14-5-3-6-15(18)11-14)10-17(21)20-8-4-7-16(12-20)19-2;/h3,5-6,11,13,16,19H,4,7-10,12H2,1-2H3;1H. The number of nitrogens with zero attached hydrogens (tertiary/aromatic N) is 1. The van der Waals surface area contributed by atoms with E-state index in [2.05, 4.69) is 12.2 Å². The van der Waals surface area contributed by atoms with Crippen molar-refractivity contribution in [2.24, 2.45) is 5.92 Å². The lowest BCUT2D eigenvalue weighted by Gasteiger charge is -2.33. The van der Waals surface area contributed by atoms with E-state index in [-0.39, 0.29) is 30.0 Å². The second-order valence-corrected chi connectivity index (χ2v) is 6.11. The van der Waals surface area contributed by atoms with Gasteiger partial charge in [-0.25, -0.2) is 4.39 Å². The summed E-state index contributed by atoms with van der Waals surface area (Å²) in [5.74, 6) is 0.243. The molecule has 1 N–H and O–H groups in total. The van der Waals surface area contributed by atoms with Gasteiger partial charge in [0.15, 0.2) is 0 Å². The lowest BCUT2D eigenvalue weighted by Crippen LogP contribution is -2.47. The van der Waals surface area contributed by atoms with E-state index in [0.717, 1.165) is 37.9 Å². The molecule has 0 bridgehead atoms. The Balaban J connectivity index is 0.00000242. The van der Waals surface area contributed by atoms with E-state index in [1.807, 2.05) is 18.0 Å². The Kier molecular flexibility index (Phi) is 7.83. The van der Waals surface area contributed by atoms with Crippen LogP contribution >= 0.6 is 12.4 Å². The summed E-state index contributed by atoms with van der Waals surface area (Å²) in [6, 6.07) is 7.06. The minimum Gasteiger partial charge on any atom is -0.341 e. The van der Waals surface area contributed by atoms with Gasteiger partial charge in [-0.05, 0) is 49.9 Å². The topological polar surface area (TPSA) is 32.3 Å². The highest BCUT2D eigenvalue weighted by atomic mass is 35.5. The molecule has 1 aliphatic rings. The number of likely N-dealkylation sites (tertiary alicyclic amines) is 1. The van der Waals surface area contributed by atoms with Gasteiger partial charge in [0.05, 0.1) is 0 Å². The largest absolute Gasteiger partial charge is 0.341 e. The lowest BCUT2D eigenvalue weighted by atomic mass is 9.96. The molecule has 1 aliphatic heterocycles. The zero-order valence-electron chi connectivity index (χ0n) is 13.3. The third kappa shape index (κ3) is 5.58. The quantitative estimate of drug-likeness (QED) is 0.901. The number of likely N-dealkylation sites (N-methyl/N-ethyl adjacent to an activating group) is 1. The molecule has 1 aromatic rings. The predicted molar refractivity (Wildman–Crippen MR) is 89.8 cm³/mol. The Labute approximate surface area is 138 Å². The molecule has 0 saturated carbocycles. The summed E-state index contributed by atoms with van der Waals surface area (Å²) < 4.78 is 13.2. The number of carbonyl (C=O) groups is 1. The highest BCUT2D eigenvalue weighted by Crippen LogP contribution is 2.17. The van der Waals surface area contributed by atoms with Crippen molar-refractivity contribution in [1.29, 1.82) is 0 Å². The number of nitrogens with one attached hydrogen (secondary N) is 1. The van der Waals surface area contributed by atoms with Crippen LogP contribution in [-0.4, -0.2) is 37.0 Å². The van der Waals surface area contributed by atoms with Crippen LogP contribution in [0.15, 0.2) is 24.3 Å². The Hall–Kier alpha value is -1.13. The van der Waals surface area contributed by atoms with Gasteiger partial charge in [0, 0.05) is 25.6 Å². The van der Waals surface area contributed by atoms with Gasteiger partial charge in [-0.2, -0.15) is 0 Å². The van der Waals surface area contributed by atoms with E-state index >= 15 is 0 Å². The van der Waals surface area contributed by atoms with Crippen LogP contribution in [0.3, 0.4) is 0 Å². The molecule has 0 aromatic heterocycles. The van der Waals surface area contributed by atoms with Gasteiger partial charge in [-0.1, -0.05) is 19.1 Å². The molecule has 124 valence electrons. The van der Waals surface area contributed by atoms with Crippen LogP contribution in [0.2, 0.25) is 0 Å². The highest BCUT2D eigenvalue weighted by molar-refractivity contribution is 5.85. The first-order chi connectivity index (χ1) is 10.1. The molecule has 2 atom stereocenters. The second-order valence-electron chi connectivity index (χ2n) is 6.11. The van der Waals surface area contributed by atoms with Crippen molar-refractivity contribution in [2.75, 3.05) is 20.1 Å². The smallest absolute Gasteiger partial charge is 0.222 e. The molecule has 1 saturated heterocycles. The molecular weight excluding hydrogens is 303 g/mol. The molecule has 0 aliphatic carbocycles. The summed E-state index contributed by atoms with van der Waals surface area (Å²) in [7, 11) is 1.95. The van der Waals surface area contributed by atoms with Gasteiger partial charge in [-0.15, -0.1) is 12.4 Å². The van der Waals surface area contributed by atoms with E-state index in [1.54, 1.807) is 12.1 Å². The normalized spacial score (nSPS) is 19.4. The predicted octanol–water partition coefficient (Wildman–Crippen LogP) is 3.03. The molecular formula is C17H26ClFN2O. The average Bonchev–Trinajstić information content (AvgIpc) is 2.47. The fourth-order valence-electron chi connectivity index (χ4n) is 3.00. The Morgan fingerprint density at radius 2 is 2.27 bits per heavy atom. The van der Waals surface area contributed by atoms with Crippen molar-refractivity contribution in [3.05, 3.63) is 35.6 Å². The molecule has 2 rings (SSSR count). The number of hydrogen-bond acceptors (Lipinski definition) is 2. The van der Waals surface area contributed by atoms with Crippen molar-refractivity contribution in [3.63, 3.8) is 0 Å². The molecule has 0 radical (unpaired) electrons. The Morgan fingerprint density at radius 1 is 1.50 bits per heavy atom. The van der Waals surface area contributed by atoms with Gasteiger partial charge in [-0.3, -0.25) is 4.79 Å². The summed E-state index contributed by atoms with van der Waals surface area (Å²) in [4.78, 5) is 14.3. The van der Waals surface area contributed by atoms with Crippen LogP contribution in [0.1, 0.15) is 31.7 Å². The first-order valence-corrected chi connectivity index (χ1v) is 7.78. The zero-order valence-corrected chi connectivity index (χ0v) is 14.2. The van der Waals surface area contributed by atoms with E-state index in [1.165, 1.54) is 6.07 Å². The molecule has 5 heteroatoms. The van der Waals surface area contributed by atoms with Crippen LogP contribution in [-0.2, 0) is 11.2 Å². The molecule has 22 heavy (non-hydrogen) atoms. The van der Waals surface area contributed by atoms with Gasteiger partial charge in [0.2, 0.25) is 5.91 Å². The Bertz CT molecular complexity index is 483. The van der Waals surface area contributed by atoms with Crippen LogP contribution in [0.25, 0.3) is 0 Å². The molecule has 2 unspecified atom stereocenters. The van der Waals surface area contributed by atoms with Crippen LogP contribution in [0, 0.1) is 11.7 Å². The summed E-state index contributed by atoms with van der Waals surface area (Å²) in [6.45, 7) is 3.73. The molecule has 1 heterocycles. The van der Waals surface area contributed by atoms with Crippen LogP contribution in [0.5, 0.6) is 0 Å². The fourth-order valence-corrected chi connectivity index (χ4v) is 3.00. The van der Waals surface area contributed by atoms with Crippen LogP contribution in [0.4, 0.5) is 4.39 Å². The molecule has 3 nitrogen and oxygen atoms in total. The van der Waals surface area contributed by atoms with Crippen molar-refractivity contribution in [1.82, 2.24) is 10.2 Å². The number of benzene rings is 1. The van der Waals surface area contributed by atoms with E-state index < -0.39 is 0 Å². The first-order valence-electron chi connectivity index (χ1n) is 7.78. The van der Waals surface area contributed by atoms with Crippen LogP contribution < -0.4 is 5.32 Å². The van der Waals surface area contributed by atoms with Gasteiger partial charge < -0.3 is 10.2 Å². The minimum absolute atomic E-state index is 0. The SMILES string of the molecule is CNC1CCCN(C(=O)CC(C)Cc2cccc(F)c2)C1.Cl. The Morgan fingerprint density at radius 3 is 2.95 bits per heavy atom. The summed E-state index contributed by atoms with van der Waals surface area (Å²) in [5.41, 5.74) is 0.960. The van der Waals surface area contributed by atoms with Gasteiger partial charge >= 0.3 is 0 Å². The number of carbonyl (C=O) groups excluding carboxylic acids is 1. The maximum absolute atomic E-state index is 13.2. The summed E-state index contributed by atoms with van der Waals surface area (Å²) >= 11 is 0. The van der Waals surface area contributed by atoms with Crippen molar-refractivity contribution in [3.8, 4) is 0 Å². The number of hydrogen-bond donors (Lipinski definition) is 1. The molecule has 0 spiro atoms. The van der Waals surface area contributed by atoms with E-state index in [0.29, 0.717) is 12.5 Å². The maximum Gasteiger partial charge on any atom is 0.222 e. The average molecular weight is 329 g/mol. The summed E-state index contributed by atoms with van der Waals surface area (Å²) in [6.07, 6.45) is 3.48. The zero-order chi connectivity index (χ0) is 15.2. The van der Waals surface area contributed by atoms with Crippen molar-refractivity contribution in [2.45, 2.75) is 38.6 Å². The third-order valence-electron chi connectivity index (χ3n) is 4.18. The van der Waals surface area contributed by atoms with E-state index in [9.17, 15) is 9.18 Å². The third-order valence-corrected chi connectivity index (χ3v) is 4.18. The second kappa shape index (κ2) is 9.11. The maximum atomic E-state index is 13.2. The minimum atomic E-state index is -0.209. The molecule has 1 fully saturated rings. The monoisotopic (exact) mass is 328 g/mol. The molecule has 1 amide bonds. The van der Waals surface area contributed by atoms with Gasteiger partial charge in [0.1, 0.15) is 5.82 Å². The van der Waals surface area contributed by atoms with Gasteiger partial charge in [0.25, 0.3) is 0 Å². The first kappa shape index (κ1) is 18.9. The lowest BCUT2D eigenvalue weighted by molar-refractivity contribution is -0.133. The fraction of sp³-hybridized carbons (Fsp3) is 0.588. The number of amides is 1. The number of rotatable bonds is 5. The molecule has 1 aromatic carbocycles. The summed E-state index contributed by atoms with van der Waals surface area (Å²) in [5, 5.41) is 3.25. The van der Waals surface area contributed by atoms with E-state index in [4.69, 9.17) is 0 Å². The number of halogens is 2. The van der Waals surface area contributed by atoms with Crippen molar-refractivity contribution >= 4 is 18.3 Å². The van der Waals surface area contributed by atoms with Crippen molar-refractivity contribution < 1.29 is 9.18 Å². The highest BCUT2D eigenvalue weighted by Gasteiger charge is 2.23.